The predicted octanol–water partition coefficient (Wildman–Crippen LogP) is 2.90. The van der Waals surface area contributed by atoms with E-state index >= 15 is 0 Å². The molecule has 0 aromatic heterocycles. The monoisotopic (exact) mass is 337 g/mol. The standard InChI is InChI=1S/C18H25F2N3O/c1-3-24-12-7-9-23(10-8-12)18(21-2)22-16-11-13(16)17-14(19)5-4-6-15(17)20/h4-6,12-13,16H,3,7-11H2,1-2H3,(H,21,22). The summed E-state index contributed by atoms with van der Waals surface area (Å²) in [4.78, 5) is 6.54. The highest BCUT2D eigenvalue weighted by Gasteiger charge is 2.43. The number of piperidine rings is 1. The largest absolute Gasteiger partial charge is 0.378 e. The molecule has 6 heteroatoms. The lowest BCUT2D eigenvalue weighted by atomic mass is 10.1. The summed E-state index contributed by atoms with van der Waals surface area (Å²) >= 11 is 0. The van der Waals surface area contributed by atoms with Crippen LogP contribution in [0.3, 0.4) is 0 Å². The second-order valence-electron chi connectivity index (χ2n) is 6.42. The molecule has 1 saturated heterocycles. The molecule has 1 aromatic carbocycles. The first-order valence-corrected chi connectivity index (χ1v) is 8.67. The molecule has 1 saturated carbocycles. The molecule has 2 fully saturated rings. The first kappa shape index (κ1) is 17.1. The maximum atomic E-state index is 13.9. The Bertz CT molecular complexity index is 580. The lowest BCUT2D eigenvalue weighted by molar-refractivity contribution is 0.0263. The number of nitrogens with one attached hydrogen (secondary N) is 1. The summed E-state index contributed by atoms with van der Waals surface area (Å²) in [5.74, 6) is -0.230. The van der Waals surface area contributed by atoms with Crippen molar-refractivity contribution in [3.63, 3.8) is 0 Å². The number of guanidine groups is 1. The minimum atomic E-state index is -0.461. The molecule has 2 atom stereocenters. The zero-order chi connectivity index (χ0) is 17.1. The van der Waals surface area contributed by atoms with Crippen molar-refractivity contribution in [2.45, 2.75) is 44.2 Å². The first-order chi connectivity index (χ1) is 11.6. The van der Waals surface area contributed by atoms with E-state index in [0.29, 0.717) is 6.10 Å². The zero-order valence-corrected chi connectivity index (χ0v) is 14.3. The zero-order valence-electron chi connectivity index (χ0n) is 14.3. The molecule has 2 aliphatic rings. The average Bonchev–Trinajstić information content (AvgIpc) is 3.32. The Morgan fingerprint density at radius 1 is 1.29 bits per heavy atom. The fourth-order valence-electron chi connectivity index (χ4n) is 3.47. The number of rotatable bonds is 4. The van der Waals surface area contributed by atoms with Crippen LogP contribution in [0.2, 0.25) is 0 Å². The van der Waals surface area contributed by atoms with Crippen LogP contribution in [0.5, 0.6) is 0 Å². The molecule has 2 unspecified atom stereocenters. The van der Waals surface area contributed by atoms with E-state index in [9.17, 15) is 8.78 Å². The summed E-state index contributed by atoms with van der Waals surface area (Å²) in [6, 6.07) is 4.09. The minimum absolute atomic E-state index is 0.0414. The second kappa shape index (κ2) is 7.47. The Morgan fingerprint density at radius 3 is 2.54 bits per heavy atom. The Balaban J connectivity index is 1.57. The van der Waals surface area contributed by atoms with Gasteiger partial charge in [0.25, 0.3) is 0 Å². The molecule has 1 aromatic rings. The van der Waals surface area contributed by atoms with Crippen LogP contribution in [0.1, 0.15) is 37.7 Å². The third-order valence-electron chi connectivity index (χ3n) is 4.83. The van der Waals surface area contributed by atoms with Crippen LogP contribution in [0, 0.1) is 11.6 Å². The highest BCUT2D eigenvalue weighted by molar-refractivity contribution is 5.80. The van der Waals surface area contributed by atoms with Crippen LogP contribution in [0.4, 0.5) is 8.78 Å². The van der Waals surface area contributed by atoms with Gasteiger partial charge in [-0.1, -0.05) is 6.07 Å². The molecule has 1 aliphatic heterocycles. The molecule has 0 bridgehead atoms. The molecule has 3 rings (SSSR count). The number of hydrogen-bond acceptors (Lipinski definition) is 2. The van der Waals surface area contributed by atoms with Crippen LogP contribution in [-0.4, -0.2) is 49.7 Å². The number of nitrogens with zero attached hydrogens (tertiary/aromatic N) is 2. The van der Waals surface area contributed by atoms with Crippen molar-refractivity contribution >= 4 is 5.96 Å². The Hall–Kier alpha value is -1.69. The molecule has 4 nitrogen and oxygen atoms in total. The molecule has 1 aliphatic carbocycles. The SMILES string of the molecule is CCOC1CCN(C(=NC)NC2CC2c2c(F)cccc2F)CC1. The summed E-state index contributed by atoms with van der Waals surface area (Å²) in [7, 11) is 1.75. The lowest BCUT2D eigenvalue weighted by Gasteiger charge is -2.34. The van der Waals surface area contributed by atoms with E-state index in [2.05, 4.69) is 15.2 Å². The van der Waals surface area contributed by atoms with E-state index in [1.165, 1.54) is 18.2 Å². The van der Waals surface area contributed by atoms with Crippen molar-refractivity contribution in [3.8, 4) is 0 Å². The summed E-state index contributed by atoms with van der Waals surface area (Å²) in [6.07, 6.45) is 3.01. The quantitative estimate of drug-likeness (QED) is 0.678. The van der Waals surface area contributed by atoms with Gasteiger partial charge in [0.2, 0.25) is 0 Å². The first-order valence-electron chi connectivity index (χ1n) is 8.67. The molecule has 132 valence electrons. The van der Waals surface area contributed by atoms with E-state index in [0.717, 1.165) is 44.9 Å². The number of aliphatic imine (C=N–C) groups is 1. The second-order valence-corrected chi connectivity index (χ2v) is 6.42. The topological polar surface area (TPSA) is 36.9 Å². The van der Waals surface area contributed by atoms with Crippen LogP contribution in [0.25, 0.3) is 0 Å². The predicted molar refractivity (Wildman–Crippen MR) is 90.2 cm³/mol. The average molecular weight is 337 g/mol. The van der Waals surface area contributed by atoms with Gasteiger partial charge in [-0.3, -0.25) is 4.99 Å². The molecule has 24 heavy (non-hydrogen) atoms. The normalized spacial score (nSPS) is 25.0. The molecule has 0 spiro atoms. The van der Waals surface area contributed by atoms with Gasteiger partial charge in [-0.15, -0.1) is 0 Å². The number of ether oxygens (including phenoxy) is 1. The van der Waals surface area contributed by atoms with E-state index in [4.69, 9.17) is 4.74 Å². The van der Waals surface area contributed by atoms with Crippen LogP contribution >= 0.6 is 0 Å². The minimum Gasteiger partial charge on any atom is -0.378 e. The maximum Gasteiger partial charge on any atom is 0.193 e. The van der Waals surface area contributed by atoms with Gasteiger partial charge in [-0.2, -0.15) is 0 Å². The van der Waals surface area contributed by atoms with E-state index in [1.54, 1.807) is 7.05 Å². The fraction of sp³-hybridized carbons (Fsp3) is 0.611. The van der Waals surface area contributed by atoms with Gasteiger partial charge in [0.15, 0.2) is 5.96 Å². The van der Waals surface area contributed by atoms with E-state index in [-0.39, 0.29) is 17.5 Å². The van der Waals surface area contributed by atoms with Crippen molar-refractivity contribution in [3.05, 3.63) is 35.4 Å². The van der Waals surface area contributed by atoms with Gasteiger partial charge < -0.3 is 15.0 Å². The van der Waals surface area contributed by atoms with Crippen molar-refractivity contribution in [2.24, 2.45) is 4.99 Å². The summed E-state index contributed by atoms with van der Waals surface area (Å²) in [5.41, 5.74) is 0.195. The Labute approximate surface area is 141 Å². The van der Waals surface area contributed by atoms with Crippen molar-refractivity contribution < 1.29 is 13.5 Å². The van der Waals surface area contributed by atoms with Crippen molar-refractivity contribution in [1.82, 2.24) is 10.2 Å². The van der Waals surface area contributed by atoms with Gasteiger partial charge in [0.05, 0.1) is 6.10 Å². The fourth-order valence-corrected chi connectivity index (χ4v) is 3.47. The maximum absolute atomic E-state index is 13.9. The van der Waals surface area contributed by atoms with Gasteiger partial charge >= 0.3 is 0 Å². The summed E-state index contributed by atoms with van der Waals surface area (Å²) in [5, 5.41) is 3.36. The Morgan fingerprint density at radius 2 is 1.96 bits per heavy atom. The number of likely N-dealkylation sites (tertiary alicyclic amines) is 1. The third-order valence-corrected chi connectivity index (χ3v) is 4.83. The van der Waals surface area contributed by atoms with Crippen LogP contribution in [0.15, 0.2) is 23.2 Å². The molecular weight excluding hydrogens is 312 g/mol. The third kappa shape index (κ3) is 3.69. The Kier molecular flexibility index (Phi) is 5.33. The van der Waals surface area contributed by atoms with Gasteiger partial charge in [-0.25, -0.2) is 8.78 Å². The van der Waals surface area contributed by atoms with E-state index in [1.807, 2.05) is 6.92 Å². The van der Waals surface area contributed by atoms with Crippen molar-refractivity contribution in [1.29, 1.82) is 0 Å². The number of benzene rings is 1. The highest BCUT2D eigenvalue weighted by atomic mass is 19.1. The molecule has 1 heterocycles. The summed E-state index contributed by atoms with van der Waals surface area (Å²) < 4.78 is 33.4. The summed E-state index contributed by atoms with van der Waals surface area (Å²) in [6.45, 7) is 4.53. The smallest absolute Gasteiger partial charge is 0.193 e. The number of halogens is 2. The van der Waals surface area contributed by atoms with Gasteiger partial charge in [-0.05, 0) is 38.3 Å². The van der Waals surface area contributed by atoms with Crippen LogP contribution < -0.4 is 5.32 Å². The highest BCUT2D eigenvalue weighted by Crippen LogP contribution is 2.43. The van der Waals surface area contributed by atoms with Crippen molar-refractivity contribution in [2.75, 3.05) is 26.7 Å². The molecule has 0 amide bonds. The van der Waals surface area contributed by atoms with Gasteiger partial charge in [0, 0.05) is 44.3 Å². The van der Waals surface area contributed by atoms with Gasteiger partial charge in [0.1, 0.15) is 11.6 Å². The molecule has 0 radical (unpaired) electrons. The van der Waals surface area contributed by atoms with Crippen LogP contribution in [-0.2, 0) is 4.74 Å². The molecular formula is C18H25F2N3O. The number of hydrogen-bond donors (Lipinski definition) is 1. The van der Waals surface area contributed by atoms with E-state index < -0.39 is 11.6 Å². The lowest BCUT2D eigenvalue weighted by Crippen LogP contribution is -2.47. The molecule has 1 N–H and O–H groups in total.